The second-order valence-corrected chi connectivity index (χ2v) is 7.38. The maximum Gasteiger partial charge on any atom is 0.344 e. The molecule has 0 saturated heterocycles. The highest BCUT2D eigenvalue weighted by Crippen LogP contribution is 2.30. The fourth-order valence-electron chi connectivity index (χ4n) is 2.98. The average Bonchev–Trinajstić information content (AvgIpc) is 3.20. The van der Waals surface area contributed by atoms with Crippen LogP contribution in [0.25, 0.3) is 22.1 Å². The first-order valence-electron chi connectivity index (χ1n) is 9.06. The lowest BCUT2D eigenvalue weighted by Gasteiger charge is -2.15. The van der Waals surface area contributed by atoms with Gasteiger partial charge in [0.2, 0.25) is 0 Å². The summed E-state index contributed by atoms with van der Waals surface area (Å²) in [5.41, 5.74) is 2.19. The zero-order chi connectivity index (χ0) is 20.5. The van der Waals surface area contributed by atoms with E-state index in [1.165, 1.54) is 18.3 Å². The number of rotatable bonds is 6. The van der Waals surface area contributed by atoms with Gasteiger partial charge in [-0.3, -0.25) is 4.79 Å². The Morgan fingerprint density at radius 3 is 2.83 bits per heavy atom. The van der Waals surface area contributed by atoms with Gasteiger partial charge in [-0.25, -0.2) is 14.2 Å². The second-order valence-electron chi connectivity index (χ2n) is 6.37. The Bertz CT molecular complexity index is 1320. The number of thiazole rings is 1. The lowest BCUT2D eigenvalue weighted by molar-refractivity contribution is -0.144. The molecule has 0 aliphatic rings. The summed E-state index contributed by atoms with van der Waals surface area (Å²) in [6, 6.07) is 12.7. The van der Waals surface area contributed by atoms with E-state index in [1.54, 1.807) is 28.7 Å². The van der Waals surface area contributed by atoms with Gasteiger partial charge in [-0.1, -0.05) is 29.5 Å². The number of carboxylic acids is 1. The molecule has 0 fully saturated rings. The van der Waals surface area contributed by atoms with Crippen LogP contribution in [0.3, 0.4) is 0 Å². The molecule has 7 nitrogen and oxygen atoms in total. The van der Waals surface area contributed by atoms with E-state index in [-0.39, 0.29) is 5.56 Å². The number of nitrogens with zero attached hydrogens (tertiary/aromatic N) is 2. The minimum atomic E-state index is -1.06. The molecule has 148 valence electrons. The van der Waals surface area contributed by atoms with Crippen LogP contribution < -0.4 is 19.6 Å². The van der Waals surface area contributed by atoms with Crippen LogP contribution >= 0.6 is 11.3 Å². The SMILES string of the molecule is CCOc1cc(C=c2sc3nc4ccccc4n3c2=O)ccc1O[C@H](C)C(=O)O. The van der Waals surface area contributed by atoms with Crippen LogP contribution in [0.1, 0.15) is 19.4 Å². The van der Waals surface area contributed by atoms with E-state index < -0.39 is 12.1 Å². The van der Waals surface area contributed by atoms with Gasteiger partial charge in [0.05, 0.1) is 22.2 Å². The van der Waals surface area contributed by atoms with Crippen molar-refractivity contribution in [3.63, 3.8) is 0 Å². The first-order valence-corrected chi connectivity index (χ1v) is 9.87. The molecule has 2 aromatic heterocycles. The molecule has 8 heteroatoms. The quantitative estimate of drug-likeness (QED) is 0.526. The zero-order valence-corrected chi connectivity index (χ0v) is 16.6. The van der Waals surface area contributed by atoms with Crippen LogP contribution in [-0.2, 0) is 4.79 Å². The summed E-state index contributed by atoms with van der Waals surface area (Å²) >= 11 is 1.32. The standard InChI is InChI=1S/C21H18N2O5S/c1-3-27-17-10-13(8-9-16(17)28-12(2)20(25)26)11-18-19(24)23-15-7-5-4-6-14(15)22-21(23)29-18/h4-12H,3H2,1-2H3,(H,25,26)/t12-/m1/s1. The number of benzene rings is 2. The molecule has 0 saturated carbocycles. The summed E-state index contributed by atoms with van der Waals surface area (Å²) in [7, 11) is 0. The Kier molecular flexibility index (Phi) is 4.94. The summed E-state index contributed by atoms with van der Waals surface area (Å²) in [4.78, 5) is 29.1. The van der Waals surface area contributed by atoms with Gasteiger partial charge in [0.1, 0.15) is 0 Å². The van der Waals surface area contributed by atoms with Crippen LogP contribution in [0.2, 0.25) is 0 Å². The Hall–Kier alpha value is -3.39. The highest BCUT2D eigenvalue weighted by atomic mass is 32.1. The fourth-order valence-corrected chi connectivity index (χ4v) is 3.97. The molecule has 2 aromatic carbocycles. The van der Waals surface area contributed by atoms with Crippen LogP contribution in [0, 0.1) is 0 Å². The maximum atomic E-state index is 12.9. The second kappa shape index (κ2) is 7.56. The molecule has 0 radical (unpaired) electrons. The molecule has 0 aliphatic heterocycles. The normalized spacial score (nSPS) is 13.1. The summed E-state index contributed by atoms with van der Waals surface area (Å²) in [5.74, 6) is -0.296. The Labute approximate surface area is 169 Å². The van der Waals surface area contributed by atoms with E-state index in [0.717, 1.165) is 16.6 Å². The number of hydrogen-bond donors (Lipinski definition) is 1. The van der Waals surface area contributed by atoms with Crippen molar-refractivity contribution in [2.75, 3.05) is 6.61 Å². The van der Waals surface area contributed by atoms with Gasteiger partial charge < -0.3 is 14.6 Å². The number of imidazole rings is 1. The lowest BCUT2D eigenvalue weighted by atomic mass is 10.2. The van der Waals surface area contributed by atoms with Crippen molar-refractivity contribution in [3.05, 3.63) is 62.9 Å². The summed E-state index contributed by atoms with van der Waals surface area (Å²) in [5, 5.41) is 9.05. The van der Waals surface area contributed by atoms with Crippen molar-refractivity contribution in [1.82, 2.24) is 9.38 Å². The Balaban J connectivity index is 1.77. The van der Waals surface area contributed by atoms with Gasteiger partial charge in [-0.2, -0.15) is 0 Å². The molecule has 0 unspecified atom stereocenters. The molecule has 0 amide bonds. The van der Waals surface area contributed by atoms with Gasteiger partial charge in [0.25, 0.3) is 5.56 Å². The predicted octanol–water partition coefficient (Wildman–Crippen LogP) is 2.71. The lowest BCUT2D eigenvalue weighted by Crippen LogP contribution is -2.23. The number of ether oxygens (including phenoxy) is 2. The van der Waals surface area contributed by atoms with Crippen molar-refractivity contribution in [1.29, 1.82) is 0 Å². The van der Waals surface area contributed by atoms with E-state index in [4.69, 9.17) is 14.6 Å². The third-order valence-corrected chi connectivity index (χ3v) is 5.33. The molecular formula is C21H18N2O5S. The van der Waals surface area contributed by atoms with E-state index in [9.17, 15) is 9.59 Å². The van der Waals surface area contributed by atoms with Crippen molar-refractivity contribution < 1.29 is 19.4 Å². The molecule has 0 aliphatic carbocycles. The van der Waals surface area contributed by atoms with Crippen LogP contribution in [0.5, 0.6) is 11.5 Å². The third-order valence-electron chi connectivity index (χ3n) is 4.36. The Morgan fingerprint density at radius 2 is 2.07 bits per heavy atom. The van der Waals surface area contributed by atoms with Crippen molar-refractivity contribution >= 4 is 39.4 Å². The molecule has 0 bridgehead atoms. The summed E-state index contributed by atoms with van der Waals surface area (Å²) in [6.45, 7) is 3.68. The molecule has 0 spiro atoms. The highest BCUT2D eigenvalue weighted by Gasteiger charge is 2.16. The first-order chi connectivity index (χ1) is 14.0. The topological polar surface area (TPSA) is 90.1 Å². The molecule has 2 heterocycles. The van der Waals surface area contributed by atoms with Gasteiger partial charge >= 0.3 is 5.97 Å². The van der Waals surface area contributed by atoms with E-state index in [2.05, 4.69) is 4.98 Å². The summed E-state index contributed by atoms with van der Waals surface area (Å²) < 4.78 is 13.2. The molecule has 4 rings (SSSR count). The number of carboxylic acid groups (broad SMARTS) is 1. The van der Waals surface area contributed by atoms with Crippen LogP contribution in [-0.4, -0.2) is 33.2 Å². The third kappa shape index (κ3) is 3.54. The van der Waals surface area contributed by atoms with E-state index >= 15 is 0 Å². The molecular weight excluding hydrogens is 392 g/mol. The molecule has 1 atom stereocenters. The molecule has 29 heavy (non-hydrogen) atoms. The number of para-hydroxylation sites is 2. The largest absolute Gasteiger partial charge is 0.490 e. The van der Waals surface area contributed by atoms with Gasteiger partial charge in [0, 0.05) is 0 Å². The smallest absolute Gasteiger partial charge is 0.344 e. The van der Waals surface area contributed by atoms with Crippen LogP contribution in [0.4, 0.5) is 0 Å². The van der Waals surface area contributed by atoms with Crippen molar-refractivity contribution in [3.8, 4) is 11.5 Å². The van der Waals surface area contributed by atoms with Crippen molar-refractivity contribution in [2.45, 2.75) is 20.0 Å². The average molecular weight is 410 g/mol. The molecule has 1 N–H and O–H groups in total. The van der Waals surface area contributed by atoms with Gasteiger partial charge in [-0.05, 0) is 49.8 Å². The number of carbonyl (C=O) groups is 1. The first kappa shape index (κ1) is 18.9. The maximum absolute atomic E-state index is 12.9. The van der Waals surface area contributed by atoms with Crippen LogP contribution in [0.15, 0.2) is 47.3 Å². The highest BCUT2D eigenvalue weighted by molar-refractivity contribution is 7.15. The predicted molar refractivity (Wildman–Crippen MR) is 111 cm³/mol. The summed E-state index contributed by atoms with van der Waals surface area (Å²) in [6.07, 6.45) is 0.763. The fraction of sp³-hybridized carbons (Fsp3) is 0.190. The van der Waals surface area contributed by atoms with Crippen molar-refractivity contribution in [2.24, 2.45) is 0 Å². The van der Waals surface area contributed by atoms with E-state index in [1.807, 2.05) is 31.2 Å². The number of aliphatic carboxylic acids is 1. The molecule has 4 aromatic rings. The van der Waals surface area contributed by atoms with Gasteiger partial charge in [0.15, 0.2) is 22.6 Å². The monoisotopic (exact) mass is 410 g/mol. The minimum absolute atomic E-state index is 0.128. The minimum Gasteiger partial charge on any atom is -0.490 e. The van der Waals surface area contributed by atoms with E-state index in [0.29, 0.717) is 27.6 Å². The zero-order valence-electron chi connectivity index (χ0n) is 15.8. The number of hydrogen-bond acceptors (Lipinski definition) is 6. The Morgan fingerprint density at radius 1 is 1.28 bits per heavy atom. The number of fused-ring (bicyclic) bond motifs is 3. The van der Waals surface area contributed by atoms with Gasteiger partial charge in [-0.15, -0.1) is 0 Å². The number of aromatic nitrogens is 2.